The van der Waals surface area contributed by atoms with Crippen molar-refractivity contribution in [3.05, 3.63) is 18.2 Å². The normalized spacial score (nSPS) is 12.3. The van der Waals surface area contributed by atoms with Crippen molar-refractivity contribution in [1.29, 1.82) is 0 Å². The van der Waals surface area contributed by atoms with E-state index in [1.54, 1.807) is 6.92 Å². The maximum atomic E-state index is 12.1. The van der Waals surface area contributed by atoms with Crippen LogP contribution in [0.3, 0.4) is 0 Å². The van der Waals surface area contributed by atoms with E-state index in [4.69, 9.17) is 9.88 Å². The Bertz CT molecular complexity index is 527. The van der Waals surface area contributed by atoms with Crippen LogP contribution in [0.4, 0.5) is 13.2 Å². The Hall–Kier alpha value is -1.48. The maximum Gasteiger partial charge on any atom is 0.573 e. The molecule has 0 saturated heterocycles. The number of rotatable bonds is 4. The van der Waals surface area contributed by atoms with Crippen LogP contribution in [0, 0.1) is 0 Å². The fourth-order valence-corrected chi connectivity index (χ4v) is 2.05. The van der Waals surface area contributed by atoms with E-state index in [0.717, 1.165) is 6.07 Å². The Kier molecular flexibility index (Phi) is 4.07. The molecule has 9 heteroatoms. The molecule has 1 aromatic carbocycles. The molecule has 0 radical (unpaired) electrons. The van der Waals surface area contributed by atoms with Crippen molar-refractivity contribution in [2.75, 3.05) is 6.61 Å². The Morgan fingerprint density at radius 2 is 1.83 bits per heavy atom. The SMILES string of the molecule is CCOc1cccc(OC(F)(F)F)c1S(N)(=O)=O. The number of alkyl halides is 3. The fourth-order valence-electron chi connectivity index (χ4n) is 1.25. The van der Waals surface area contributed by atoms with E-state index in [2.05, 4.69) is 4.74 Å². The van der Waals surface area contributed by atoms with Crippen molar-refractivity contribution in [2.24, 2.45) is 5.14 Å². The van der Waals surface area contributed by atoms with Gasteiger partial charge in [0.05, 0.1) is 6.61 Å². The third-order valence-corrected chi connectivity index (χ3v) is 2.72. The molecule has 0 aliphatic carbocycles. The minimum atomic E-state index is -5.02. The number of hydrogen-bond donors (Lipinski definition) is 1. The van der Waals surface area contributed by atoms with Crippen LogP contribution in [0.15, 0.2) is 23.1 Å². The Labute approximate surface area is 101 Å². The Morgan fingerprint density at radius 1 is 1.28 bits per heavy atom. The van der Waals surface area contributed by atoms with Gasteiger partial charge in [0.2, 0.25) is 10.0 Å². The number of ether oxygens (including phenoxy) is 2. The summed E-state index contributed by atoms with van der Waals surface area (Å²) in [5.41, 5.74) is 0. The van der Waals surface area contributed by atoms with Gasteiger partial charge < -0.3 is 9.47 Å². The lowest BCUT2D eigenvalue weighted by Gasteiger charge is -2.15. The predicted molar refractivity (Wildman–Crippen MR) is 55.7 cm³/mol. The molecule has 1 rings (SSSR count). The lowest BCUT2D eigenvalue weighted by Crippen LogP contribution is -2.21. The maximum absolute atomic E-state index is 12.1. The molecular weight excluding hydrogens is 275 g/mol. The Balaban J connectivity index is 3.38. The second-order valence-electron chi connectivity index (χ2n) is 3.11. The molecule has 0 heterocycles. The lowest BCUT2D eigenvalue weighted by molar-refractivity contribution is -0.275. The zero-order valence-electron chi connectivity index (χ0n) is 9.19. The smallest absolute Gasteiger partial charge is 0.492 e. The quantitative estimate of drug-likeness (QED) is 0.912. The van der Waals surface area contributed by atoms with Gasteiger partial charge in [-0.15, -0.1) is 13.2 Å². The molecule has 0 aliphatic heterocycles. The summed E-state index contributed by atoms with van der Waals surface area (Å²) in [5.74, 6) is -1.21. The second kappa shape index (κ2) is 5.02. The lowest BCUT2D eigenvalue weighted by atomic mass is 10.3. The van der Waals surface area contributed by atoms with E-state index >= 15 is 0 Å². The zero-order chi connectivity index (χ0) is 14.0. The number of primary sulfonamides is 1. The van der Waals surface area contributed by atoms with Crippen molar-refractivity contribution in [3.63, 3.8) is 0 Å². The largest absolute Gasteiger partial charge is 0.573 e. The highest BCUT2D eigenvalue weighted by molar-refractivity contribution is 7.89. The van der Waals surface area contributed by atoms with Crippen LogP contribution in [0.2, 0.25) is 0 Å². The number of nitrogens with two attached hydrogens (primary N) is 1. The molecule has 0 bridgehead atoms. The second-order valence-corrected chi connectivity index (χ2v) is 4.61. The van der Waals surface area contributed by atoms with Crippen molar-refractivity contribution in [2.45, 2.75) is 18.2 Å². The summed E-state index contributed by atoms with van der Waals surface area (Å²) in [6.07, 6.45) is -5.02. The summed E-state index contributed by atoms with van der Waals surface area (Å²) >= 11 is 0. The van der Waals surface area contributed by atoms with Crippen LogP contribution in [0.25, 0.3) is 0 Å². The molecule has 0 spiro atoms. The highest BCUT2D eigenvalue weighted by Gasteiger charge is 2.34. The van der Waals surface area contributed by atoms with Gasteiger partial charge in [0.15, 0.2) is 10.6 Å². The van der Waals surface area contributed by atoms with E-state index in [9.17, 15) is 21.6 Å². The first kappa shape index (κ1) is 14.6. The van der Waals surface area contributed by atoms with E-state index in [-0.39, 0.29) is 12.4 Å². The molecule has 2 N–H and O–H groups in total. The van der Waals surface area contributed by atoms with Crippen LogP contribution in [-0.2, 0) is 10.0 Å². The first-order valence-corrected chi connectivity index (χ1v) is 6.24. The first-order valence-electron chi connectivity index (χ1n) is 4.69. The van der Waals surface area contributed by atoms with Gasteiger partial charge in [0.25, 0.3) is 0 Å². The van der Waals surface area contributed by atoms with Gasteiger partial charge >= 0.3 is 6.36 Å². The van der Waals surface area contributed by atoms with Gasteiger partial charge in [-0.3, -0.25) is 0 Å². The van der Waals surface area contributed by atoms with Gasteiger partial charge in [0, 0.05) is 0 Å². The summed E-state index contributed by atoms with van der Waals surface area (Å²) in [4.78, 5) is -0.829. The van der Waals surface area contributed by atoms with Crippen molar-refractivity contribution >= 4 is 10.0 Å². The van der Waals surface area contributed by atoms with Crippen LogP contribution < -0.4 is 14.6 Å². The van der Waals surface area contributed by atoms with Gasteiger partial charge in [0.1, 0.15) is 5.75 Å². The zero-order valence-corrected chi connectivity index (χ0v) is 10.0. The monoisotopic (exact) mass is 285 g/mol. The number of halogens is 3. The highest BCUT2D eigenvalue weighted by atomic mass is 32.2. The molecule has 0 fully saturated rings. The average molecular weight is 285 g/mol. The molecular formula is C9H10F3NO4S. The van der Waals surface area contributed by atoms with Crippen LogP contribution in [-0.4, -0.2) is 21.4 Å². The van der Waals surface area contributed by atoms with E-state index in [1.165, 1.54) is 12.1 Å². The van der Waals surface area contributed by atoms with E-state index < -0.39 is 27.0 Å². The molecule has 0 atom stereocenters. The fraction of sp³-hybridized carbons (Fsp3) is 0.333. The van der Waals surface area contributed by atoms with Crippen LogP contribution in [0.1, 0.15) is 6.92 Å². The third-order valence-electron chi connectivity index (χ3n) is 1.75. The van der Waals surface area contributed by atoms with Crippen molar-refractivity contribution in [3.8, 4) is 11.5 Å². The van der Waals surface area contributed by atoms with Gasteiger partial charge in [-0.2, -0.15) is 0 Å². The van der Waals surface area contributed by atoms with Gasteiger partial charge in [-0.1, -0.05) is 6.07 Å². The van der Waals surface area contributed by atoms with Crippen molar-refractivity contribution in [1.82, 2.24) is 0 Å². The molecule has 5 nitrogen and oxygen atoms in total. The molecule has 0 aromatic heterocycles. The molecule has 0 amide bonds. The van der Waals surface area contributed by atoms with Gasteiger partial charge in [-0.05, 0) is 19.1 Å². The summed E-state index contributed by atoms with van der Waals surface area (Å²) < 4.78 is 67.5. The molecule has 1 aromatic rings. The number of hydrogen-bond acceptors (Lipinski definition) is 4. The van der Waals surface area contributed by atoms with Crippen LogP contribution >= 0.6 is 0 Å². The molecule has 0 unspecified atom stereocenters. The van der Waals surface area contributed by atoms with Crippen LogP contribution in [0.5, 0.6) is 11.5 Å². The number of benzene rings is 1. The van der Waals surface area contributed by atoms with Crippen molar-refractivity contribution < 1.29 is 31.1 Å². The summed E-state index contributed by atoms with van der Waals surface area (Å²) in [6, 6.07) is 3.20. The predicted octanol–water partition coefficient (Wildman–Crippen LogP) is 1.63. The average Bonchev–Trinajstić information content (AvgIpc) is 2.13. The summed E-state index contributed by atoms with van der Waals surface area (Å²) in [6.45, 7) is 1.61. The third kappa shape index (κ3) is 3.77. The first-order chi connectivity index (χ1) is 8.15. The molecule has 18 heavy (non-hydrogen) atoms. The standard InChI is InChI=1S/C9H10F3NO4S/c1-2-16-6-4-3-5-7(17-9(10,11)12)8(6)18(13,14)15/h3-5H,2H2,1H3,(H2,13,14,15). The Morgan fingerprint density at radius 3 is 2.28 bits per heavy atom. The number of sulfonamides is 1. The van der Waals surface area contributed by atoms with E-state index in [0.29, 0.717) is 0 Å². The highest BCUT2D eigenvalue weighted by Crippen LogP contribution is 2.35. The summed E-state index contributed by atoms with van der Waals surface area (Å²) in [5, 5.41) is 4.85. The molecule has 102 valence electrons. The molecule has 0 saturated carbocycles. The van der Waals surface area contributed by atoms with Gasteiger partial charge in [-0.25, -0.2) is 13.6 Å². The minimum Gasteiger partial charge on any atom is -0.492 e. The minimum absolute atomic E-state index is 0.0675. The topological polar surface area (TPSA) is 78.6 Å². The molecule has 0 aliphatic rings. The van der Waals surface area contributed by atoms with E-state index in [1.807, 2.05) is 0 Å². The summed E-state index contributed by atoms with van der Waals surface area (Å²) in [7, 11) is -4.41.